The van der Waals surface area contributed by atoms with Gasteiger partial charge in [0.25, 0.3) is 5.91 Å². The lowest BCUT2D eigenvalue weighted by atomic mass is 9.94. The van der Waals surface area contributed by atoms with Crippen molar-refractivity contribution in [1.29, 1.82) is 0 Å². The van der Waals surface area contributed by atoms with Crippen molar-refractivity contribution in [3.8, 4) is 0 Å². The standard InChI is InChI=1S/C12H16N4O/c17-12(10-4-13-8-14-5-10)16-6-9-2-1-3-15-11(9)7-16/h4-5,8-9,11,15H,1-3,6-7H2/t9-,11+/m0/s1. The number of likely N-dealkylation sites (tertiary alicyclic amines) is 1. The highest BCUT2D eigenvalue weighted by molar-refractivity contribution is 5.93. The van der Waals surface area contributed by atoms with E-state index in [0.717, 1.165) is 19.6 Å². The summed E-state index contributed by atoms with van der Waals surface area (Å²) in [5, 5.41) is 3.49. The predicted octanol–water partition coefficient (Wildman–Crippen LogP) is 0.301. The van der Waals surface area contributed by atoms with Gasteiger partial charge in [0.2, 0.25) is 0 Å². The maximum Gasteiger partial charge on any atom is 0.257 e. The number of fused-ring (bicyclic) bond motifs is 1. The van der Waals surface area contributed by atoms with Crippen molar-refractivity contribution in [3.05, 3.63) is 24.3 Å². The summed E-state index contributed by atoms with van der Waals surface area (Å²) < 4.78 is 0. The number of amides is 1. The van der Waals surface area contributed by atoms with E-state index in [1.165, 1.54) is 19.2 Å². The summed E-state index contributed by atoms with van der Waals surface area (Å²) in [4.78, 5) is 21.9. The van der Waals surface area contributed by atoms with Gasteiger partial charge in [0, 0.05) is 31.5 Å². The Bertz CT molecular complexity index is 394. The summed E-state index contributed by atoms with van der Waals surface area (Å²) in [5.74, 6) is 0.680. The number of aromatic nitrogens is 2. The first-order valence-electron chi connectivity index (χ1n) is 6.12. The third-order valence-electron chi connectivity index (χ3n) is 3.69. The first-order chi connectivity index (χ1) is 8.34. The summed E-state index contributed by atoms with van der Waals surface area (Å²) >= 11 is 0. The van der Waals surface area contributed by atoms with E-state index < -0.39 is 0 Å². The number of hydrogen-bond acceptors (Lipinski definition) is 4. The molecule has 1 aromatic rings. The van der Waals surface area contributed by atoms with Gasteiger partial charge in [-0.15, -0.1) is 0 Å². The van der Waals surface area contributed by atoms with Gasteiger partial charge < -0.3 is 10.2 Å². The van der Waals surface area contributed by atoms with Crippen molar-refractivity contribution in [2.75, 3.05) is 19.6 Å². The molecular formula is C12H16N4O. The minimum absolute atomic E-state index is 0.0572. The van der Waals surface area contributed by atoms with Crippen molar-refractivity contribution in [2.45, 2.75) is 18.9 Å². The summed E-state index contributed by atoms with van der Waals surface area (Å²) in [6.07, 6.45) is 7.07. The number of piperidine rings is 1. The van der Waals surface area contributed by atoms with E-state index in [2.05, 4.69) is 15.3 Å². The van der Waals surface area contributed by atoms with Crippen LogP contribution in [0.3, 0.4) is 0 Å². The van der Waals surface area contributed by atoms with Crippen LogP contribution < -0.4 is 5.32 Å². The molecule has 1 aromatic heterocycles. The molecule has 0 aromatic carbocycles. The molecule has 0 saturated carbocycles. The molecule has 2 atom stereocenters. The van der Waals surface area contributed by atoms with Crippen LogP contribution in [0.15, 0.2) is 18.7 Å². The van der Waals surface area contributed by atoms with Gasteiger partial charge in [-0.25, -0.2) is 9.97 Å². The number of carbonyl (C=O) groups is 1. The number of nitrogens with one attached hydrogen (secondary N) is 1. The summed E-state index contributed by atoms with van der Waals surface area (Å²) in [6.45, 7) is 2.77. The molecule has 3 rings (SSSR count). The highest BCUT2D eigenvalue weighted by Gasteiger charge is 2.36. The number of rotatable bonds is 1. The van der Waals surface area contributed by atoms with Crippen LogP contribution >= 0.6 is 0 Å². The van der Waals surface area contributed by atoms with Crippen molar-refractivity contribution < 1.29 is 4.79 Å². The third-order valence-corrected chi connectivity index (χ3v) is 3.69. The fourth-order valence-electron chi connectivity index (χ4n) is 2.80. The zero-order valence-corrected chi connectivity index (χ0v) is 9.67. The van der Waals surface area contributed by atoms with Crippen LogP contribution in [0, 0.1) is 5.92 Å². The van der Waals surface area contributed by atoms with Gasteiger partial charge in [-0.2, -0.15) is 0 Å². The molecule has 5 heteroatoms. The second-order valence-corrected chi connectivity index (χ2v) is 4.80. The first-order valence-corrected chi connectivity index (χ1v) is 6.12. The molecular weight excluding hydrogens is 216 g/mol. The largest absolute Gasteiger partial charge is 0.337 e. The molecule has 2 aliphatic rings. The summed E-state index contributed by atoms with van der Waals surface area (Å²) in [7, 11) is 0. The molecule has 0 spiro atoms. The second-order valence-electron chi connectivity index (χ2n) is 4.80. The lowest BCUT2D eigenvalue weighted by molar-refractivity contribution is 0.0784. The van der Waals surface area contributed by atoms with Gasteiger partial charge in [-0.3, -0.25) is 4.79 Å². The monoisotopic (exact) mass is 232 g/mol. The molecule has 1 amide bonds. The van der Waals surface area contributed by atoms with Crippen LogP contribution in [-0.4, -0.2) is 46.5 Å². The Morgan fingerprint density at radius 2 is 2.18 bits per heavy atom. The second kappa shape index (κ2) is 4.41. The highest BCUT2D eigenvalue weighted by Crippen LogP contribution is 2.25. The van der Waals surface area contributed by atoms with Crippen molar-refractivity contribution in [2.24, 2.45) is 5.92 Å². The van der Waals surface area contributed by atoms with E-state index in [4.69, 9.17) is 0 Å². The predicted molar refractivity (Wildman–Crippen MR) is 62.5 cm³/mol. The third kappa shape index (κ3) is 2.02. The molecule has 0 unspecified atom stereocenters. The SMILES string of the molecule is O=C(c1cncnc1)N1C[C@@H]2CCCN[C@@H]2C1. The van der Waals surface area contributed by atoms with Crippen LogP contribution in [0.25, 0.3) is 0 Å². The fourth-order valence-corrected chi connectivity index (χ4v) is 2.80. The first kappa shape index (κ1) is 10.7. The van der Waals surface area contributed by atoms with Crippen LogP contribution in [-0.2, 0) is 0 Å². The maximum atomic E-state index is 12.2. The molecule has 2 saturated heterocycles. The molecule has 5 nitrogen and oxygen atoms in total. The smallest absolute Gasteiger partial charge is 0.257 e. The molecule has 1 N–H and O–H groups in total. The van der Waals surface area contributed by atoms with Crippen LogP contribution in [0.1, 0.15) is 23.2 Å². The average molecular weight is 232 g/mol. The summed E-state index contributed by atoms with van der Waals surface area (Å²) in [5.41, 5.74) is 0.589. The molecule has 17 heavy (non-hydrogen) atoms. The van der Waals surface area contributed by atoms with Gasteiger partial charge >= 0.3 is 0 Å². The molecule has 90 valence electrons. The quantitative estimate of drug-likeness (QED) is 0.756. The van der Waals surface area contributed by atoms with Crippen molar-refractivity contribution in [3.63, 3.8) is 0 Å². The Balaban J connectivity index is 1.72. The number of carbonyl (C=O) groups excluding carboxylic acids is 1. The lowest BCUT2D eigenvalue weighted by Crippen LogP contribution is -2.41. The normalized spacial score (nSPS) is 27.9. The fraction of sp³-hybridized carbons (Fsp3) is 0.583. The van der Waals surface area contributed by atoms with Gasteiger partial charge in [0.05, 0.1) is 5.56 Å². The zero-order chi connectivity index (χ0) is 11.7. The van der Waals surface area contributed by atoms with Crippen LogP contribution in [0.5, 0.6) is 0 Å². The summed E-state index contributed by atoms with van der Waals surface area (Å²) in [6, 6.07) is 0.484. The van der Waals surface area contributed by atoms with E-state index >= 15 is 0 Å². The molecule has 2 fully saturated rings. The van der Waals surface area contributed by atoms with E-state index in [-0.39, 0.29) is 5.91 Å². The minimum atomic E-state index is 0.0572. The zero-order valence-electron chi connectivity index (χ0n) is 9.67. The number of nitrogens with zero attached hydrogens (tertiary/aromatic N) is 3. The minimum Gasteiger partial charge on any atom is -0.337 e. The lowest BCUT2D eigenvalue weighted by Gasteiger charge is -2.24. The van der Waals surface area contributed by atoms with Gasteiger partial charge in [-0.05, 0) is 25.3 Å². The van der Waals surface area contributed by atoms with Crippen molar-refractivity contribution in [1.82, 2.24) is 20.2 Å². The number of hydrogen-bond donors (Lipinski definition) is 1. The van der Waals surface area contributed by atoms with Gasteiger partial charge in [0.1, 0.15) is 6.33 Å². The van der Waals surface area contributed by atoms with Gasteiger partial charge in [0.15, 0.2) is 0 Å². The van der Waals surface area contributed by atoms with Crippen LogP contribution in [0.2, 0.25) is 0 Å². The molecule has 2 aliphatic heterocycles. The van der Waals surface area contributed by atoms with Gasteiger partial charge in [-0.1, -0.05) is 0 Å². The Kier molecular flexibility index (Phi) is 2.76. The van der Waals surface area contributed by atoms with E-state index in [9.17, 15) is 4.79 Å². The molecule has 3 heterocycles. The Hall–Kier alpha value is -1.49. The van der Waals surface area contributed by atoms with E-state index in [0.29, 0.717) is 17.5 Å². The van der Waals surface area contributed by atoms with Crippen molar-refractivity contribution >= 4 is 5.91 Å². The Morgan fingerprint density at radius 3 is 2.94 bits per heavy atom. The maximum absolute atomic E-state index is 12.2. The molecule has 0 radical (unpaired) electrons. The Labute approximate surface area is 100 Å². The topological polar surface area (TPSA) is 58.1 Å². The molecule has 0 bridgehead atoms. The van der Waals surface area contributed by atoms with E-state index in [1.807, 2.05) is 4.90 Å². The van der Waals surface area contributed by atoms with E-state index in [1.54, 1.807) is 12.4 Å². The average Bonchev–Trinajstić information content (AvgIpc) is 2.82. The highest BCUT2D eigenvalue weighted by atomic mass is 16.2. The van der Waals surface area contributed by atoms with Crippen LogP contribution in [0.4, 0.5) is 0 Å². The Morgan fingerprint density at radius 1 is 1.35 bits per heavy atom. The molecule has 0 aliphatic carbocycles.